The summed E-state index contributed by atoms with van der Waals surface area (Å²) < 4.78 is 6.87. The third-order valence-corrected chi connectivity index (χ3v) is 8.96. The van der Waals surface area contributed by atoms with Crippen LogP contribution in [0.4, 0.5) is 0 Å². The van der Waals surface area contributed by atoms with Crippen molar-refractivity contribution in [3.05, 3.63) is 83.9 Å². The van der Waals surface area contributed by atoms with Crippen LogP contribution in [-0.2, 0) is 12.8 Å². The van der Waals surface area contributed by atoms with Crippen molar-refractivity contribution < 1.29 is 4.74 Å². The van der Waals surface area contributed by atoms with Gasteiger partial charge in [-0.1, -0.05) is 144 Å². The highest BCUT2D eigenvalue weighted by Gasteiger charge is 2.14. The maximum Gasteiger partial charge on any atom is 0.131 e. The lowest BCUT2D eigenvalue weighted by Gasteiger charge is -2.18. The smallest absolute Gasteiger partial charge is 0.131 e. The normalized spacial score (nSPS) is 11.4. The topological polar surface area (TPSA) is 9.23 Å². The highest BCUT2D eigenvalue weighted by Crippen LogP contribution is 2.37. The molecule has 0 unspecified atom stereocenters. The molecule has 0 saturated carbocycles. The number of aryl methyl sites for hydroxylation is 2. The molecule has 0 atom stereocenters. The van der Waals surface area contributed by atoms with Gasteiger partial charge < -0.3 is 4.74 Å². The zero-order valence-corrected chi connectivity index (χ0v) is 26.6. The van der Waals surface area contributed by atoms with E-state index in [9.17, 15) is 0 Å². The molecule has 1 nitrogen and oxygen atoms in total. The Morgan fingerprint density at radius 3 is 1.23 bits per heavy atom. The lowest BCUT2D eigenvalue weighted by molar-refractivity contribution is 0.468. The molecule has 39 heavy (non-hydrogen) atoms. The molecule has 0 N–H and O–H groups in total. The third kappa shape index (κ3) is 9.08. The summed E-state index contributed by atoms with van der Waals surface area (Å²) in [5.74, 6) is 2.05. The van der Waals surface area contributed by atoms with Crippen LogP contribution in [0, 0.1) is 0 Å². The molecular weight excluding hydrogens is 608 g/mol. The average Bonchev–Trinajstić information content (AvgIpc) is 2.97. The number of hydrogen-bond donors (Lipinski definition) is 0. The maximum atomic E-state index is 6.87. The first-order valence-corrected chi connectivity index (χ1v) is 17.4. The second-order valence-corrected chi connectivity index (χ2v) is 12.3. The molecule has 0 radical (unpaired) electrons. The molecule has 0 fully saturated rings. The summed E-state index contributed by atoms with van der Waals surface area (Å²) in [5, 5.41) is 7.52. The van der Waals surface area contributed by atoms with E-state index >= 15 is 0 Å². The van der Waals surface area contributed by atoms with E-state index in [4.69, 9.17) is 4.74 Å². The first-order chi connectivity index (χ1) is 19.3. The minimum absolute atomic E-state index is 1.03. The fourth-order valence-electron chi connectivity index (χ4n) is 5.66. The number of hydrogen-bond acceptors (Lipinski definition) is 1. The van der Waals surface area contributed by atoms with Crippen molar-refractivity contribution >= 4 is 53.4 Å². The molecule has 0 aliphatic heterocycles. The molecule has 4 aromatic rings. The molecule has 0 saturated heterocycles. The van der Waals surface area contributed by atoms with Gasteiger partial charge in [0.15, 0.2) is 0 Å². The molecule has 0 aromatic heterocycles. The molecule has 0 aliphatic rings. The van der Waals surface area contributed by atoms with E-state index in [-0.39, 0.29) is 0 Å². The van der Waals surface area contributed by atoms with Crippen molar-refractivity contribution in [3.63, 3.8) is 0 Å². The van der Waals surface area contributed by atoms with Crippen molar-refractivity contribution in [3.8, 4) is 11.5 Å². The number of alkyl halides is 2. The van der Waals surface area contributed by atoms with E-state index in [0.29, 0.717) is 0 Å². The van der Waals surface area contributed by atoms with Gasteiger partial charge in [-0.2, -0.15) is 0 Å². The van der Waals surface area contributed by atoms with Crippen LogP contribution in [0.15, 0.2) is 72.8 Å². The Morgan fingerprint density at radius 2 is 0.795 bits per heavy atom. The van der Waals surface area contributed by atoms with Gasteiger partial charge in [0.05, 0.1) is 0 Å². The lowest BCUT2D eigenvalue weighted by Crippen LogP contribution is -1.98. The molecule has 0 heterocycles. The second kappa shape index (κ2) is 17.1. The molecule has 0 spiro atoms. The Hall–Kier alpha value is -1.84. The van der Waals surface area contributed by atoms with Crippen molar-refractivity contribution in [2.75, 3.05) is 10.7 Å². The van der Waals surface area contributed by atoms with Crippen LogP contribution < -0.4 is 4.74 Å². The van der Waals surface area contributed by atoms with Crippen molar-refractivity contribution in [2.24, 2.45) is 0 Å². The Balaban J connectivity index is 1.53. The van der Waals surface area contributed by atoms with Gasteiger partial charge in [-0.05, 0) is 72.2 Å². The SMILES string of the molecule is BrCCCCCCCCc1c(Oc2ccc3ccccc3c2CCCCCCCCBr)ccc2ccccc12. The van der Waals surface area contributed by atoms with Crippen LogP contribution in [-0.4, -0.2) is 10.7 Å². The summed E-state index contributed by atoms with van der Waals surface area (Å²) in [5.41, 5.74) is 2.72. The number of fused-ring (bicyclic) bond motifs is 2. The Labute approximate surface area is 253 Å². The van der Waals surface area contributed by atoms with Gasteiger partial charge in [0.1, 0.15) is 11.5 Å². The molecule has 0 amide bonds. The largest absolute Gasteiger partial charge is 0.457 e. The summed E-state index contributed by atoms with van der Waals surface area (Å²) in [6.45, 7) is 0. The highest BCUT2D eigenvalue weighted by molar-refractivity contribution is 9.09. The van der Waals surface area contributed by atoms with E-state index < -0.39 is 0 Å². The summed E-state index contributed by atoms with van der Waals surface area (Å²) in [6, 6.07) is 26.4. The van der Waals surface area contributed by atoms with Crippen LogP contribution in [0.1, 0.15) is 88.2 Å². The quantitative estimate of drug-likeness (QED) is 0.0768. The van der Waals surface area contributed by atoms with Gasteiger partial charge in [-0.3, -0.25) is 0 Å². The highest BCUT2D eigenvalue weighted by atomic mass is 79.9. The molecule has 208 valence electrons. The number of rotatable bonds is 18. The van der Waals surface area contributed by atoms with Crippen molar-refractivity contribution in [1.82, 2.24) is 0 Å². The molecule has 4 aromatic carbocycles. The monoisotopic (exact) mass is 650 g/mol. The van der Waals surface area contributed by atoms with Crippen LogP contribution >= 0.6 is 31.9 Å². The van der Waals surface area contributed by atoms with Crippen molar-refractivity contribution in [2.45, 2.75) is 89.9 Å². The van der Waals surface area contributed by atoms with E-state index in [0.717, 1.165) is 35.0 Å². The van der Waals surface area contributed by atoms with E-state index in [1.54, 1.807) is 0 Å². The van der Waals surface area contributed by atoms with Gasteiger partial charge in [0.25, 0.3) is 0 Å². The van der Waals surface area contributed by atoms with E-state index in [1.165, 1.54) is 110 Å². The van der Waals surface area contributed by atoms with Crippen molar-refractivity contribution in [1.29, 1.82) is 0 Å². The first kappa shape index (κ1) is 30.1. The van der Waals surface area contributed by atoms with Crippen LogP contribution in [0.5, 0.6) is 11.5 Å². The lowest BCUT2D eigenvalue weighted by atomic mass is 9.97. The third-order valence-electron chi connectivity index (χ3n) is 7.84. The molecule has 4 rings (SSSR count). The zero-order valence-electron chi connectivity index (χ0n) is 23.4. The van der Waals surface area contributed by atoms with Gasteiger partial charge in [0, 0.05) is 21.8 Å². The minimum Gasteiger partial charge on any atom is -0.457 e. The maximum absolute atomic E-state index is 6.87. The van der Waals surface area contributed by atoms with Gasteiger partial charge >= 0.3 is 0 Å². The standard InChI is InChI=1S/C36H44Br2O/c37-27-15-7-3-1-5-9-21-33-31-19-13-11-17-29(31)23-25-35(33)39-36-26-24-30-18-12-14-20-32(30)34(36)22-10-6-2-4-8-16-28-38/h11-14,17-20,23-26H,1-10,15-16,21-22,27-28H2. The fourth-order valence-corrected chi connectivity index (χ4v) is 6.46. The minimum atomic E-state index is 1.03. The molecule has 0 bridgehead atoms. The molecule has 3 heteroatoms. The number of ether oxygens (including phenoxy) is 1. The zero-order chi connectivity index (χ0) is 27.1. The molecular formula is C36H44Br2O. The van der Waals surface area contributed by atoms with Gasteiger partial charge in [-0.15, -0.1) is 0 Å². The Bertz CT molecular complexity index is 1180. The van der Waals surface area contributed by atoms with Crippen LogP contribution in [0.25, 0.3) is 21.5 Å². The van der Waals surface area contributed by atoms with E-state index in [1.807, 2.05) is 0 Å². The summed E-state index contributed by atoms with van der Waals surface area (Å²) in [4.78, 5) is 0. The average molecular weight is 653 g/mol. The number of halogens is 2. The van der Waals surface area contributed by atoms with E-state index in [2.05, 4.69) is 105 Å². The molecule has 0 aliphatic carbocycles. The predicted molar refractivity (Wildman–Crippen MR) is 178 cm³/mol. The second-order valence-electron chi connectivity index (χ2n) is 10.7. The van der Waals surface area contributed by atoms with Crippen LogP contribution in [0.3, 0.4) is 0 Å². The first-order valence-electron chi connectivity index (χ1n) is 15.1. The summed E-state index contributed by atoms with van der Waals surface area (Å²) >= 11 is 7.11. The number of unbranched alkanes of at least 4 members (excludes halogenated alkanes) is 10. The summed E-state index contributed by atoms with van der Waals surface area (Å²) in [6.07, 6.45) is 17.6. The predicted octanol–water partition coefficient (Wildman–Crippen LogP) is 12.3. The van der Waals surface area contributed by atoms with Crippen LogP contribution in [0.2, 0.25) is 0 Å². The van der Waals surface area contributed by atoms with Gasteiger partial charge in [-0.25, -0.2) is 0 Å². The summed E-state index contributed by atoms with van der Waals surface area (Å²) in [7, 11) is 0. The number of benzene rings is 4. The Kier molecular flexibility index (Phi) is 13.2. The fraction of sp³-hybridized carbons (Fsp3) is 0.444. The Morgan fingerprint density at radius 1 is 0.410 bits per heavy atom. The van der Waals surface area contributed by atoms with Gasteiger partial charge in [0.2, 0.25) is 0 Å².